The molecule has 0 radical (unpaired) electrons. The molecule has 0 aromatic heterocycles. The molecule has 0 heterocycles. The van der Waals surface area contributed by atoms with Gasteiger partial charge in [0.1, 0.15) is 0 Å². The van der Waals surface area contributed by atoms with Gasteiger partial charge in [-0.3, -0.25) is 9.59 Å². The van der Waals surface area contributed by atoms with Gasteiger partial charge in [-0.25, -0.2) is 8.42 Å². The fraction of sp³-hybridized carbons (Fsp3) is 0.263. The van der Waals surface area contributed by atoms with E-state index in [2.05, 4.69) is 10.6 Å². The molecule has 0 saturated carbocycles. The highest BCUT2D eigenvalue weighted by molar-refractivity contribution is 7.98. The molecular weight excluding hydrogens is 398 g/mol. The van der Waals surface area contributed by atoms with Crippen LogP contribution in [0.2, 0.25) is 0 Å². The van der Waals surface area contributed by atoms with Gasteiger partial charge in [0.2, 0.25) is 0 Å². The Hall–Kier alpha value is -2.36. The van der Waals surface area contributed by atoms with Crippen molar-refractivity contribution in [3.8, 4) is 0 Å². The average Bonchev–Trinajstić information content (AvgIpc) is 2.61. The molecule has 0 fully saturated rings. The van der Waals surface area contributed by atoms with Crippen LogP contribution in [0.1, 0.15) is 0 Å². The highest BCUT2D eigenvalue weighted by atomic mass is 32.2. The van der Waals surface area contributed by atoms with Crippen molar-refractivity contribution in [3.63, 3.8) is 0 Å². The van der Waals surface area contributed by atoms with Gasteiger partial charge in [0.25, 0.3) is 11.8 Å². The van der Waals surface area contributed by atoms with E-state index in [1.165, 1.54) is 23.9 Å². The van der Waals surface area contributed by atoms with Crippen molar-refractivity contribution >= 4 is 44.8 Å². The number of thioether (sulfide) groups is 1. The number of hydrogen-bond acceptors (Lipinski definition) is 5. The van der Waals surface area contributed by atoms with Crippen LogP contribution in [0.25, 0.3) is 0 Å². The van der Waals surface area contributed by atoms with E-state index in [4.69, 9.17) is 0 Å². The molecule has 2 aromatic carbocycles. The summed E-state index contributed by atoms with van der Waals surface area (Å²) in [5.41, 5.74) is 0.973. The van der Waals surface area contributed by atoms with Crippen LogP contribution in [0, 0.1) is 0 Å². The summed E-state index contributed by atoms with van der Waals surface area (Å²) in [4.78, 5) is 26.2. The monoisotopic (exact) mass is 422 g/mol. The summed E-state index contributed by atoms with van der Waals surface area (Å²) < 4.78 is 23.6. The van der Waals surface area contributed by atoms with Gasteiger partial charge in [0.05, 0.1) is 23.3 Å². The standard InChI is InChI=1S/C19H23N3O4S2/c1-22(12-18(23)20-14-8-4-6-10-16(14)27-2)13-19(24)21-15-9-5-7-11-17(15)28(3,25)26/h4-11H,12-13H2,1-3H3,(H,20,23)(H,21,24)/p+1. The van der Waals surface area contributed by atoms with Gasteiger partial charge in [-0.1, -0.05) is 24.3 Å². The van der Waals surface area contributed by atoms with Gasteiger partial charge in [0, 0.05) is 11.2 Å². The Bertz CT molecular complexity index is 961. The lowest BCUT2D eigenvalue weighted by molar-refractivity contribution is -0.862. The van der Waals surface area contributed by atoms with E-state index >= 15 is 0 Å². The lowest BCUT2D eigenvalue weighted by Gasteiger charge is -2.15. The second-order valence-electron chi connectivity index (χ2n) is 6.38. The van der Waals surface area contributed by atoms with Crippen molar-refractivity contribution in [2.45, 2.75) is 9.79 Å². The smallest absolute Gasteiger partial charge is 0.279 e. The van der Waals surface area contributed by atoms with Gasteiger partial charge in [-0.15, -0.1) is 11.8 Å². The second kappa shape index (κ2) is 9.72. The quantitative estimate of drug-likeness (QED) is 0.550. The molecular formula is C19H24N3O4S2+. The number of sulfone groups is 1. The average molecular weight is 423 g/mol. The first-order valence-corrected chi connectivity index (χ1v) is 11.7. The Labute approximate surface area is 169 Å². The number of amides is 2. The van der Waals surface area contributed by atoms with E-state index < -0.39 is 9.84 Å². The van der Waals surface area contributed by atoms with Crippen molar-refractivity contribution in [1.29, 1.82) is 0 Å². The Morgan fingerprint density at radius 2 is 1.43 bits per heavy atom. The minimum absolute atomic E-state index is 0.0235. The topological polar surface area (TPSA) is 96.8 Å². The molecule has 3 N–H and O–H groups in total. The van der Waals surface area contributed by atoms with E-state index in [1.807, 2.05) is 30.5 Å². The number of quaternary nitrogens is 1. The van der Waals surface area contributed by atoms with Crippen LogP contribution in [0.3, 0.4) is 0 Å². The Morgan fingerprint density at radius 3 is 2.00 bits per heavy atom. The molecule has 1 unspecified atom stereocenters. The molecule has 7 nitrogen and oxygen atoms in total. The Morgan fingerprint density at radius 1 is 0.929 bits per heavy atom. The molecule has 0 bridgehead atoms. The third kappa shape index (κ3) is 6.36. The Balaban J connectivity index is 1.94. The van der Waals surface area contributed by atoms with E-state index in [-0.39, 0.29) is 35.5 Å². The molecule has 2 aromatic rings. The van der Waals surface area contributed by atoms with Crippen molar-refractivity contribution in [3.05, 3.63) is 48.5 Å². The molecule has 0 saturated heterocycles. The normalized spacial score (nSPS) is 12.2. The summed E-state index contributed by atoms with van der Waals surface area (Å²) in [6, 6.07) is 13.7. The van der Waals surface area contributed by atoms with Crippen molar-refractivity contribution in [2.24, 2.45) is 0 Å². The summed E-state index contributed by atoms with van der Waals surface area (Å²) in [6.07, 6.45) is 3.02. The first-order chi connectivity index (χ1) is 13.2. The number of nitrogens with one attached hydrogen (secondary N) is 3. The first kappa shape index (κ1) is 21.9. The summed E-state index contributed by atoms with van der Waals surface area (Å²) in [6.45, 7) is 0.125. The zero-order valence-corrected chi connectivity index (χ0v) is 17.6. The largest absolute Gasteiger partial charge is 0.322 e. The molecule has 0 aliphatic carbocycles. The zero-order valence-electron chi connectivity index (χ0n) is 16.0. The number of para-hydroxylation sites is 2. The van der Waals surface area contributed by atoms with Crippen molar-refractivity contribution in [2.75, 3.05) is 43.3 Å². The molecule has 0 aliphatic heterocycles. The maximum absolute atomic E-state index is 12.3. The molecule has 2 rings (SSSR count). The van der Waals surface area contributed by atoms with Crippen LogP contribution in [-0.4, -0.2) is 52.9 Å². The minimum atomic E-state index is -3.46. The molecule has 0 aliphatic rings. The number of carbonyl (C=O) groups is 2. The molecule has 9 heteroatoms. The number of hydrogen-bond donors (Lipinski definition) is 3. The lowest BCUT2D eigenvalue weighted by atomic mass is 10.3. The van der Waals surface area contributed by atoms with Gasteiger partial charge < -0.3 is 15.5 Å². The fourth-order valence-corrected chi connectivity index (χ4v) is 4.04. The highest BCUT2D eigenvalue weighted by Gasteiger charge is 2.18. The first-order valence-electron chi connectivity index (χ1n) is 8.54. The Kier molecular flexibility index (Phi) is 7.61. The number of likely N-dealkylation sites (N-methyl/N-ethyl adjacent to an activating group) is 1. The third-order valence-corrected chi connectivity index (χ3v) is 5.82. The lowest BCUT2D eigenvalue weighted by Crippen LogP contribution is -3.11. The number of rotatable bonds is 8. The summed E-state index contributed by atoms with van der Waals surface area (Å²) >= 11 is 1.54. The van der Waals surface area contributed by atoms with E-state index in [1.54, 1.807) is 19.2 Å². The van der Waals surface area contributed by atoms with Crippen molar-refractivity contribution < 1.29 is 22.9 Å². The molecule has 2 amide bonds. The van der Waals surface area contributed by atoms with Crippen LogP contribution in [0.15, 0.2) is 58.3 Å². The second-order valence-corrected chi connectivity index (χ2v) is 9.21. The predicted molar refractivity (Wildman–Crippen MR) is 112 cm³/mol. The van der Waals surface area contributed by atoms with Crippen LogP contribution in [-0.2, 0) is 19.4 Å². The molecule has 1 atom stereocenters. The van der Waals surface area contributed by atoms with Gasteiger partial charge >= 0.3 is 0 Å². The SMILES string of the molecule is CSc1ccccc1NC(=O)C[NH+](C)CC(=O)Nc1ccccc1S(C)(=O)=O. The minimum Gasteiger partial charge on any atom is -0.322 e. The summed E-state index contributed by atoms with van der Waals surface area (Å²) in [5, 5.41) is 5.47. The molecule has 28 heavy (non-hydrogen) atoms. The van der Waals surface area contributed by atoms with Gasteiger partial charge in [-0.2, -0.15) is 0 Å². The number of carbonyl (C=O) groups excluding carboxylic acids is 2. The van der Waals surface area contributed by atoms with Crippen LogP contribution >= 0.6 is 11.8 Å². The van der Waals surface area contributed by atoms with E-state index in [0.717, 1.165) is 16.8 Å². The predicted octanol–water partition coefficient (Wildman–Crippen LogP) is 0.904. The van der Waals surface area contributed by atoms with Crippen molar-refractivity contribution in [1.82, 2.24) is 0 Å². The van der Waals surface area contributed by atoms with Crippen LogP contribution in [0.5, 0.6) is 0 Å². The zero-order chi connectivity index (χ0) is 20.7. The third-order valence-electron chi connectivity index (χ3n) is 3.87. The van der Waals surface area contributed by atoms with Gasteiger partial charge in [-0.05, 0) is 30.5 Å². The fourth-order valence-electron chi connectivity index (χ4n) is 2.64. The molecule has 0 spiro atoms. The highest BCUT2D eigenvalue weighted by Crippen LogP contribution is 2.24. The summed E-state index contributed by atoms with van der Waals surface area (Å²) in [5.74, 6) is -0.575. The van der Waals surface area contributed by atoms with E-state index in [0.29, 0.717) is 4.90 Å². The number of benzene rings is 2. The van der Waals surface area contributed by atoms with Crippen LogP contribution < -0.4 is 15.5 Å². The number of anilines is 2. The maximum atomic E-state index is 12.3. The van der Waals surface area contributed by atoms with Crippen LogP contribution in [0.4, 0.5) is 11.4 Å². The van der Waals surface area contributed by atoms with E-state index in [9.17, 15) is 18.0 Å². The van der Waals surface area contributed by atoms with Gasteiger partial charge in [0.15, 0.2) is 22.9 Å². The summed E-state index contributed by atoms with van der Waals surface area (Å²) in [7, 11) is -1.73. The maximum Gasteiger partial charge on any atom is 0.279 e. The molecule has 150 valence electrons.